The van der Waals surface area contributed by atoms with Crippen molar-refractivity contribution >= 4 is 0 Å². The molecule has 1 aromatic rings. The Kier molecular flexibility index (Phi) is 5.96. The third-order valence-electron chi connectivity index (χ3n) is 3.83. The van der Waals surface area contributed by atoms with Crippen molar-refractivity contribution in [3.63, 3.8) is 0 Å². The lowest BCUT2D eigenvalue weighted by Crippen LogP contribution is -2.47. The van der Waals surface area contributed by atoms with Gasteiger partial charge in [-0.3, -0.25) is 0 Å². The molecular weight excluding hydrogens is 271 g/mol. The zero-order valence-corrected chi connectivity index (χ0v) is 13.1. The predicted octanol–water partition coefficient (Wildman–Crippen LogP) is 2.21. The van der Waals surface area contributed by atoms with Crippen LogP contribution in [0, 0.1) is 5.82 Å². The summed E-state index contributed by atoms with van der Waals surface area (Å²) in [6.45, 7) is 5.30. The van der Waals surface area contributed by atoms with E-state index < -0.39 is 0 Å². The molecule has 0 saturated carbocycles. The minimum atomic E-state index is -0.301. The lowest BCUT2D eigenvalue weighted by atomic mass is 9.98. The summed E-state index contributed by atoms with van der Waals surface area (Å²) in [6, 6.07) is 5.11. The molecular formula is C16H25FN2O2. The van der Waals surface area contributed by atoms with Crippen LogP contribution in [0.1, 0.15) is 24.9 Å². The van der Waals surface area contributed by atoms with E-state index in [1.807, 2.05) is 12.1 Å². The minimum absolute atomic E-state index is 0.0584. The van der Waals surface area contributed by atoms with Gasteiger partial charge in [-0.1, -0.05) is 19.1 Å². The standard InChI is InChI=1S/C16H25FN2O2/c1-4-8-18-16(14-11-19(2)9-10-21-14)12-6-5-7-13(20-3)15(12)17/h5-7,14,16,18H,4,8-11H2,1-3H3. The molecule has 2 atom stereocenters. The smallest absolute Gasteiger partial charge is 0.169 e. The van der Waals surface area contributed by atoms with E-state index >= 15 is 0 Å². The summed E-state index contributed by atoms with van der Waals surface area (Å²) in [5.41, 5.74) is 0.614. The summed E-state index contributed by atoms with van der Waals surface area (Å²) in [7, 11) is 3.55. The van der Waals surface area contributed by atoms with Crippen LogP contribution in [0.4, 0.5) is 4.39 Å². The van der Waals surface area contributed by atoms with Crippen LogP contribution in [0.2, 0.25) is 0 Å². The van der Waals surface area contributed by atoms with Gasteiger partial charge in [0.1, 0.15) is 0 Å². The number of hydrogen-bond acceptors (Lipinski definition) is 4. The quantitative estimate of drug-likeness (QED) is 0.872. The van der Waals surface area contributed by atoms with Crippen molar-refractivity contribution in [2.45, 2.75) is 25.5 Å². The number of halogens is 1. The number of nitrogens with one attached hydrogen (secondary N) is 1. The van der Waals surface area contributed by atoms with E-state index in [0.717, 1.165) is 26.1 Å². The van der Waals surface area contributed by atoms with Gasteiger partial charge in [-0.15, -0.1) is 0 Å². The van der Waals surface area contributed by atoms with Crippen LogP contribution in [-0.4, -0.2) is 51.4 Å². The van der Waals surface area contributed by atoms with Crippen molar-refractivity contribution in [1.29, 1.82) is 0 Å². The average Bonchev–Trinajstić information content (AvgIpc) is 2.49. The van der Waals surface area contributed by atoms with Crippen LogP contribution in [0.3, 0.4) is 0 Å². The van der Waals surface area contributed by atoms with Gasteiger partial charge < -0.3 is 19.7 Å². The van der Waals surface area contributed by atoms with E-state index in [2.05, 4.69) is 24.2 Å². The fraction of sp³-hybridized carbons (Fsp3) is 0.625. The Morgan fingerprint density at radius 3 is 3.00 bits per heavy atom. The molecule has 0 bridgehead atoms. The number of likely N-dealkylation sites (N-methyl/N-ethyl adjacent to an activating group) is 1. The van der Waals surface area contributed by atoms with Gasteiger partial charge in [-0.05, 0) is 26.1 Å². The van der Waals surface area contributed by atoms with Gasteiger partial charge in [-0.25, -0.2) is 4.39 Å². The molecule has 2 unspecified atom stereocenters. The fourth-order valence-corrected chi connectivity index (χ4v) is 2.68. The van der Waals surface area contributed by atoms with Gasteiger partial charge in [0, 0.05) is 18.7 Å². The number of rotatable bonds is 6. The number of benzene rings is 1. The van der Waals surface area contributed by atoms with Gasteiger partial charge in [0.05, 0.1) is 25.9 Å². The zero-order valence-electron chi connectivity index (χ0n) is 13.1. The van der Waals surface area contributed by atoms with E-state index in [9.17, 15) is 4.39 Å². The molecule has 1 aliphatic rings. The number of nitrogens with zero attached hydrogens (tertiary/aromatic N) is 1. The fourth-order valence-electron chi connectivity index (χ4n) is 2.68. The Bertz CT molecular complexity index is 456. The monoisotopic (exact) mass is 296 g/mol. The highest BCUT2D eigenvalue weighted by atomic mass is 19.1. The molecule has 0 aromatic heterocycles. The van der Waals surface area contributed by atoms with Crippen LogP contribution in [0.15, 0.2) is 18.2 Å². The molecule has 1 aromatic carbocycles. The summed E-state index contributed by atoms with van der Waals surface area (Å²) < 4.78 is 25.5. The predicted molar refractivity (Wildman–Crippen MR) is 81.2 cm³/mol. The highest BCUT2D eigenvalue weighted by Gasteiger charge is 2.30. The van der Waals surface area contributed by atoms with Crippen molar-refractivity contribution in [2.75, 3.05) is 40.4 Å². The number of ether oxygens (including phenoxy) is 2. The van der Waals surface area contributed by atoms with E-state index in [4.69, 9.17) is 9.47 Å². The molecule has 0 radical (unpaired) electrons. The summed E-state index contributed by atoms with van der Waals surface area (Å²) >= 11 is 0. The van der Waals surface area contributed by atoms with Crippen molar-refractivity contribution in [2.24, 2.45) is 0 Å². The molecule has 0 aliphatic carbocycles. The minimum Gasteiger partial charge on any atom is -0.494 e. The molecule has 1 aliphatic heterocycles. The topological polar surface area (TPSA) is 33.7 Å². The lowest BCUT2D eigenvalue weighted by Gasteiger charge is -2.36. The van der Waals surface area contributed by atoms with Crippen molar-refractivity contribution in [3.8, 4) is 5.75 Å². The maximum Gasteiger partial charge on any atom is 0.169 e. The Balaban J connectivity index is 2.26. The van der Waals surface area contributed by atoms with Gasteiger partial charge in [-0.2, -0.15) is 0 Å². The highest BCUT2D eigenvalue weighted by Crippen LogP contribution is 2.29. The highest BCUT2D eigenvalue weighted by molar-refractivity contribution is 5.33. The zero-order chi connectivity index (χ0) is 15.2. The Labute approximate surface area is 126 Å². The average molecular weight is 296 g/mol. The molecule has 2 rings (SSSR count). The van der Waals surface area contributed by atoms with Crippen molar-refractivity contribution in [3.05, 3.63) is 29.6 Å². The van der Waals surface area contributed by atoms with Crippen LogP contribution in [0.25, 0.3) is 0 Å². The molecule has 1 heterocycles. The summed E-state index contributed by atoms with van der Waals surface area (Å²) in [4.78, 5) is 2.22. The van der Waals surface area contributed by atoms with E-state index in [1.165, 1.54) is 7.11 Å². The SMILES string of the molecule is CCCNC(c1cccc(OC)c1F)C1CN(C)CCO1. The molecule has 21 heavy (non-hydrogen) atoms. The third-order valence-corrected chi connectivity index (χ3v) is 3.83. The molecule has 5 heteroatoms. The molecule has 1 N–H and O–H groups in total. The van der Waals surface area contributed by atoms with Crippen molar-refractivity contribution < 1.29 is 13.9 Å². The van der Waals surface area contributed by atoms with E-state index in [-0.39, 0.29) is 23.7 Å². The maximum atomic E-state index is 14.6. The Morgan fingerprint density at radius 2 is 2.33 bits per heavy atom. The van der Waals surface area contributed by atoms with Crippen LogP contribution < -0.4 is 10.1 Å². The largest absolute Gasteiger partial charge is 0.494 e. The number of hydrogen-bond donors (Lipinski definition) is 1. The molecule has 0 amide bonds. The van der Waals surface area contributed by atoms with Gasteiger partial charge in [0.25, 0.3) is 0 Å². The molecule has 118 valence electrons. The van der Waals surface area contributed by atoms with Gasteiger partial charge in [0.15, 0.2) is 11.6 Å². The second kappa shape index (κ2) is 7.73. The Hall–Kier alpha value is -1.17. The normalized spacial score (nSPS) is 21.2. The first-order chi connectivity index (χ1) is 10.2. The first-order valence-electron chi connectivity index (χ1n) is 7.53. The van der Waals surface area contributed by atoms with Crippen LogP contribution >= 0.6 is 0 Å². The molecule has 0 spiro atoms. The molecule has 4 nitrogen and oxygen atoms in total. The Morgan fingerprint density at radius 1 is 1.52 bits per heavy atom. The van der Waals surface area contributed by atoms with Crippen molar-refractivity contribution in [1.82, 2.24) is 10.2 Å². The number of morpholine rings is 1. The van der Waals surface area contributed by atoms with Crippen LogP contribution in [-0.2, 0) is 4.74 Å². The third kappa shape index (κ3) is 3.93. The summed E-state index contributed by atoms with van der Waals surface area (Å²) in [5, 5.41) is 3.42. The van der Waals surface area contributed by atoms with E-state index in [1.54, 1.807) is 6.07 Å². The first-order valence-corrected chi connectivity index (χ1v) is 7.53. The number of methoxy groups -OCH3 is 1. The van der Waals surface area contributed by atoms with Gasteiger partial charge in [0.2, 0.25) is 0 Å². The molecule has 1 saturated heterocycles. The lowest BCUT2D eigenvalue weighted by molar-refractivity contribution is -0.0398. The summed E-state index contributed by atoms with van der Waals surface area (Å²) in [5.74, 6) is -0.0228. The second-order valence-corrected chi connectivity index (χ2v) is 5.47. The second-order valence-electron chi connectivity index (χ2n) is 5.47. The van der Waals surface area contributed by atoms with Gasteiger partial charge >= 0.3 is 0 Å². The maximum absolute atomic E-state index is 14.6. The summed E-state index contributed by atoms with van der Waals surface area (Å²) in [6.07, 6.45) is 0.932. The first kappa shape index (κ1) is 16.2. The molecule has 1 fully saturated rings. The van der Waals surface area contributed by atoms with Crippen LogP contribution in [0.5, 0.6) is 5.75 Å². The van der Waals surface area contributed by atoms with E-state index in [0.29, 0.717) is 12.2 Å².